The summed E-state index contributed by atoms with van der Waals surface area (Å²) >= 11 is 0. The zero-order valence-electron chi connectivity index (χ0n) is 15.6. The van der Waals surface area contributed by atoms with E-state index >= 15 is 0 Å². The van der Waals surface area contributed by atoms with Gasteiger partial charge in [0.25, 0.3) is 0 Å². The van der Waals surface area contributed by atoms with Crippen LogP contribution in [0.15, 0.2) is 60.7 Å². The molecular weight excluding hydrogens is 368 g/mol. The standard InChI is InChI=1S/C26H10N4/c27-11-17-7-15-1-3-21-22-4-2-16-8-18(12-28)20(14-30)10-26(16)24(22)6-5-23(21)25(15)9-19(17)13-29/h1-10H. The summed E-state index contributed by atoms with van der Waals surface area (Å²) in [7, 11) is 0. The lowest BCUT2D eigenvalue weighted by Crippen LogP contribution is -1.89. The van der Waals surface area contributed by atoms with E-state index < -0.39 is 0 Å². The van der Waals surface area contributed by atoms with E-state index in [0.717, 1.165) is 43.1 Å². The van der Waals surface area contributed by atoms with Crippen LogP contribution in [0, 0.1) is 45.3 Å². The molecule has 0 unspecified atom stereocenters. The van der Waals surface area contributed by atoms with Gasteiger partial charge >= 0.3 is 0 Å². The highest BCUT2D eigenvalue weighted by Gasteiger charge is 2.12. The molecular formula is C26H10N4. The molecule has 5 rings (SSSR count). The normalized spacial score (nSPS) is 10.5. The second-order valence-corrected chi connectivity index (χ2v) is 7.07. The van der Waals surface area contributed by atoms with E-state index in [-0.39, 0.29) is 0 Å². The molecule has 4 heteroatoms. The second-order valence-electron chi connectivity index (χ2n) is 7.07. The van der Waals surface area contributed by atoms with E-state index in [1.807, 2.05) is 36.4 Å². The van der Waals surface area contributed by atoms with Gasteiger partial charge < -0.3 is 0 Å². The van der Waals surface area contributed by atoms with Crippen molar-refractivity contribution in [3.8, 4) is 24.3 Å². The van der Waals surface area contributed by atoms with E-state index in [0.29, 0.717) is 22.3 Å². The van der Waals surface area contributed by atoms with Crippen LogP contribution in [0.3, 0.4) is 0 Å². The maximum absolute atomic E-state index is 9.41. The molecule has 0 heterocycles. The Morgan fingerprint density at radius 1 is 0.367 bits per heavy atom. The Hall–Kier alpha value is -4.90. The van der Waals surface area contributed by atoms with Crippen LogP contribution in [0.5, 0.6) is 0 Å². The first-order valence-electron chi connectivity index (χ1n) is 9.19. The molecule has 0 saturated carbocycles. The fraction of sp³-hybridized carbons (Fsp3) is 0. The largest absolute Gasteiger partial charge is 0.192 e. The van der Waals surface area contributed by atoms with Crippen molar-refractivity contribution in [2.75, 3.05) is 0 Å². The van der Waals surface area contributed by atoms with Crippen LogP contribution in [-0.4, -0.2) is 0 Å². The third-order valence-electron chi connectivity index (χ3n) is 5.59. The summed E-state index contributed by atoms with van der Waals surface area (Å²) in [6.07, 6.45) is 0. The van der Waals surface area contributed by atoms with Gasteiger partial charge in [-0.05, 0) is 67.4 Å². The first kappa shape index (κ1) is 17.2. The molecule has 0 spiro atoms. The molecule has 5 aromatic carbocycles. The Morgan fingerprint density at radius 3 is 1.03 bits per heavy atom. The van der Waals surface area contributed by atoms with Crippen LogP contribution in [0.2, 0.25) is 0 Å². The number of benzene rings is 5. The molecule has 0 amide bonds. The third kappa shape index (κ3) is 2.30. The van der Waals surface area contributed by atoms with E-state index in [2.05, 4.69) is 24.3 Å². The fourth-order valence-electron chi connectivity index (χ4n) is 4.16. The number of nitriles is 4. The topological polar surface area (TPSA) is 95.2 Å². The van der Waals surface area contributed by atoms with Gasteiger partial charge in [-0.25, -0.2) is 0 Å². The van der Waals surface area contributed by atoms with Crippen molar-refractivity contribution in [3.05, 3.63) is 82.9 Å². The summed E-state index contributed by atoms with van der Waals surface area (Å²) in [5.74, 6) is 0. The fourth-order valence-corrected chi connectivity index (χ4v) is 4.16. The van der Waals surface area contributed by atoms with Crippen LogP contribution in [0.4, 0.5) is 0 Å². The Bertz CT molecular complexity index is 1600. The third-order valence-corrected chi connectivity index (χ3v) is 5.59. The lowest BCUT2D eigenvalue weighted by atomic mass is 9.91. The molecule has 0 fully saturated rings. The second kappa shape index (κ2) is 6.32. The minimum absolute atomic E-state index is 0.360. The van der Waals surface area contributed by atoms with Crippen LogP contribution >= 0.6 is 0 Å². The first-order chi connectivity index (χ1) is 14.7. The zero-order chi connectivity index (χ0) is 20.8. The van der Waals surface area contributed by atoms with Crippen molar-refractivity contribution in [1.29, 1.82) is 21.0 Å². The lowest BCUT2D eigenvalue weighted by molar-refractivity contribution is 1.45. The first-order valence-corrected chi connectivity index (χ1v) is 9.19. The summed E-state index contributed by atoms with van der Waals surface area (Å²) in [6.45, 7) is 0. The highest BCUT2D eigenvalue weighted by molar-refractivity contribution is 6.22. The number of fused-ring (bicyclic) bond motifs is 7. The van der Waals surface area contributed by atoms with Gasteiger partial charge in [0, 0.05) is 0 Å². The molecule has 0 atom stereocenters. The molecule has 0 saturated heterocycles. The zero-order valence-corrected chi connectivity index (χ0v) is 15.6. The highest BCUT2D eigenvalue weighted by atomic mass is 14.3. The maximum atomic E-state index is 9.41. The Kier molecular flexibility index (Phi) is 3.63. The smallest absolute Gasteiger partial charge is 0.101 e. The molecule has 0 aliphatic rings. The molecule has 134 valence electrons. The molecule has 0 radical (unpaired) electrons. The van der Waals surface area contributed by atoms with Gasteiger partial charge in [0.15, 0.2) is 0 Å². The van der Waals surface area contributed by atoms with Crippen molar-refractivity contribution >= 4 is 43.1 Å². The van der Waals surface area contributed by atoms with Crippen molar-refractivity contribution in [1.82, 2.24) is 0 Å². The molecule has 0 aromatic heterocycles. The molecule has 4 nitrogen and oxygen atoms in total. The van der Waals surface area contributed by atoms with E-state index in [4.69, 9.17) is 0 Å². The highest BCUT2D eigenvalue weighted by Crippen LogP contribution is 2.36. The molecule has 0 N–H and O–H groups in total. The van der Waals surface area contributed by atoms with Crippen molar-refractivity contribution < 1.29 is 0 Å². The van der Waals surface area contributed by atoms with Crippen molar-refractivity contribution in [3.63, 3.8) is 0 Å². The molecule has 0 bridgehead atoms. The minimum atomic E-state index is 0.360. The number of hydrogen-bond donors (Lipinski definition) is 0. The van der Waals surface area contributed by atoms with Crippen LogP contribution in [0.25, 0.3) is 43.1 Å². The van der Waals surface area contributed by atoms with Crippen LogP contribution in [0.1, 0.15) is 22.3 Å². The van der Waals surface area contributed by atoms with Crippen LogP contribution in [-0.2, 0) is 0 Å². The molecule has 0 aliphatic heterocycles. The summed E-state index contributed by atoms with van der Waals surface area (Å²) in [6, 6.07) is 27.4. The predicted molar refractivity (Wildman–Crippen MR) is 115 cm³/mol. The minimum Gasteiger partial charge on any atom is -0.192 e. The van der Waals surface area contributed by atoms with Crippen molar-refractivity contribution in [2.24, 2.45) is 0 Å². The number of nitrogens with zero attached hydrogens (tertiary/aromatic N) is 4. The quantitative estimate of drug-likeness (QED) is 0.319. The molecule has 30 heavy (non-hydrogen) atoms. The number of rotatable bonds is 0. The van der Waals surface area contributed by atoms with Gasteiger partial charge in [-0.1, -0.05) is 36.4 Å². The Labute approximate surface area is 171 Å². The molecule has 5 aromatic rings. The van der Waals surface area contributed by atoms with Gasteiger partial charge in [-0.3, -0.25) is 0 Å². The number of hydrogen-bond acceptors (Lipinski definition) is 4. The molecule has 0 aliphatic carbocycles. The van der Waals surface area contributed by atoms with Gasteiger partial charge in [0.05, 0.1) is 22.3 Å². The monoisotopic (exact) mass is 378 g/mol. The van der Waals surface area contributed by atoms with E-state index in [1.54, 1.807) is 24.3 Å². The average molecular weight is 378 g/mol. The predicted octanol–water partition coefficient (Wildman–Crippen LogP) is 5.79. The Morgan fingerprint density at radius 2 is 0.667 bits per heavy atom. The van der Waals surface area contributed by atoms with Gasteiger partial charge in [-0.2, -0.15) is 21.0 Å². The van der Waals surface area contributed by atoms with Crippen molar-refractivity contribution in [2.45, 2.75) is 0 Å². The summed E-state index contributed by atoms with van der Waals surface area (Å²) in [5.41, 5.74) is 1.46. The summed E-state index contributed by atoms with van der Waals surface area (Å²) in [4.78, 5) is 0. The summed E-state index contributed by atoms with van der Waals surface area (Å²) in [5, 5.41) is 45.1. The van der Waals surface area contributed by atoms with Gasteiger partial charge in [0.2, 0.25) is 0 Å². The van der Waals surface area contributed by atoms with E-state index in [1.165, 1.54) is 0 Å². The maximum Gasteiger partial charge on any atom is 0.101 e. The summed E-state index contributed by atoms with van der Waals surface area (Å²) < 4.78 is 0. The average Bonchev–Trinajstić information content (AvgIpc) is 2.81. The van der Waals surface area contributed by atoms with Gasteiger partial charge in [0.1, 0.15) is 24.3 Å². The SMILES string of the molecule is N#Cc1cc2ccc3c(ccc4c5cc(C#N)c(C#N)cc5ccc43)c2cc1C#N. The lowest BCUT2D eigenvalue weighted by Gasteiger charge is -2.11. The van der Waals surface area contributed by atoms with E-state index in [9.17, 15) is 21.0 Å². The van der Waals surface area contributed by atoms with Gasteiger partial charge in [-0.15, -0.1) is 0 Å². The Balaban J connectivity index is 1.92. The van der Waals surface area contributed by atoms with Crippen LogP contribution < -0.4 is 0 Å².